The molecule has 5 rings (SSSR count). The third-order valence-corrected chi connectivity index (χ3v) is 11.5. The van der Waals surface area contributed by atoms with Crippen LogP contribution in [0.3, 0.4) is 0 Å². The Morgan fingerprint density at radius 1 is 1.14 bits per heavy atom. The molecule has 1 saturated heterocycles. The Labute approximate surface area is 212 Å². The van der Waals surface area contributed by atoms with Crippen LogP contribution < -0.4 is 0 Å². The molecule has 5 N–H and O–H groups in total. The number of ether oxygens (including phenoxy) is 1. The maximum absolute atomic E-state index is 13.3. The summed E-state index contributed by atoms with van der Waals surface area (Å²) < 4.78 is 5.13. The van der Waals surface area contributed by atoms with Crippen molar-refractivity contribution in [1.29, 1.82) is 0 Å². The molecular formula is C28H42O8. The molecule has 12 atom stereocenters. The third-order valence-electron chi connectivity index (χ3n) is 11.5. The lowest BCUT2D eigenvalue weighted by Gasteiger charge is -2.60. The van der Waals surface area contributed by atoms with Gasteiger partial charge in [-0.15, -0.1) is 0 Å². The number of fused-ring (bicyclic) bond motifs is 5. The summed E-state index contributed by atoms with van der Waals surface area (Å²) >= 11 is 0. The molecule has 8 heteroatoms. The van der Waals surface area contributed by atoms with Crippen LogP contribution in [0.2, 0.25) is 0 Å². The van der Waals surface area contributed by atoms with Crippen molar-refractivity contribution in [2.24, 2.45) is 40.4 Å². The van der Waals surface area contributed by atoms with E-state index in [0.717, 1.165) is 0 Å². The Hall–Kier alpha value is -1.32. The molecule has 0 amide bonds. The Morgan fingerprint density at radius 2 is 1.83 bits per heavy atom. The molecule has 4 fully saturated rings. The fourth-order valence-corrected chi connectivity index (χ4v) is 8.99. The van der Waals surface area contributed by atoms with Crippen molar-refractivity contribution < 1.29 is 39.9 Å². The van der Waals surface area contributed by atoms with Gasteiger partial charge in [0.25, 0.3) is 0 Å². The quantitative estimate of drug-likeness (QED) is 0.361. The van der Waals surface area contributed by atoms with Gasteiger partial charge in [0, 0.05) is 17.3 Å². The topological polar surface area (TPSA) is 145 Å². The smallest absolute Gasteiger partial charge is 0.309 e. The summed E-state index contributed by atoms with van der Waals surface area (Å²) in [5.74, 6) is -1.81. The van der Waals surface area contributed by atoms with E-state index >= 15 is 0 Å². The first-order valence-corrected chi connectivity index (χ1v) is 13.6. The van der Waals surface area contributed by atoms with Crippen molar-refractivity contribution >= 4 is 11.8 Å². The number of aliphatic hydroxyl groups is 5. The van der Waals surface area contributed by atoms with Crippen LogP contribution in [0, 0.1) is 40.4 Å². The third kappa shape index (κ3) is 3.44. The molecule has 0 aromatic carbocycles. The Kier molecular flexibility index (Phi) is 6.09. The highest BCUT2D eigenvalue weighted by Gasteiger charge is 2.69. The molecular weight excluding hydrogens is 464 g/mol. The number of carbonyl (C=O) groups is 2. The molecule has 4 aliphatic carbocycles. The van der Waals surface area contributed by atoms with Crippen molar-refractivity contribution in [1.82, 2.24) is 0 Å². The summed E-state index contributed by atoms with van der Waals surface area (Å²) in [4.78, 5) is 25.1. The van der Waals surface area contributed by atoms with Crippen molar-refractivity contribution in [2.75, 3.05) is 6.61 Å². The van der Waals surface area contributed by atoms with Gasteiger partial charge in [-0.25, -0.2) is 0 Å². The zero-order valence-corrected chi connectivity index (χ0v) is 21.8. The second-order valence-corrected chi connectivity index (χ2v) is 13.3. The molecule has 1 heterocycles. The maximum atomic E-state index is 13.3. The number of carbonyl (C=O) groups excluding carboxylic acids is 2. The normalized spacial score (nSPS) is 50.9. The minimum Gasteiger partial charge on any atom is -0.465 e. The fourth-order valence-electron chi connectivity index (χ4n) is 8.99. The molecule has 0 aromatic heterocycles. The number of hydrogen-bond donors (Lipinski definition) is 5. The molecule has 202 valence electrons. The van der Waals surface area contributed by atoms with E-state index in [1.54, 1.807) is 19.9 Å². The van der Waals surface area contributed by atoms with Crippen LogP contribution in [0.1, 0.15) is 72.6 Å². The van der Waals surface area contributed by atoms with Crippen molar-refractivity contribution in [3.63, 3.8) is 0 Å². The van der Waals surface area contributed by atoms with Gasteiger partial charge in [-0.2, -0.15) is 0 Å². The van der Waals surface area contributed by atoms with Gasteiger partial charge in [-0.1, -0.05) is 20.8 Å². The van der Waals surface area contributed by atoms with E-state index in [1.807, 2.05) is 13.8 Å². The largest absolute Gasteiger partial charge is 0.465 e. The fraction of sp³-hybridized carbons (Fsp3) is 0.857. The van der Waals surface area contributed by atoms with Crippen LogP contribution >= 0.6 is 0 Å². The zero-order chi connectivity index (χ0) is 26.4. The molecule has 0 unspecified atom stereocenters. The number of esters is 1. The van der Waals surface area contributed by atoms with Gasteiger partial charge in [0.15, 0.2) is 5.78 Å². The van der Waals surface area contributed by atoms with E-state index in [9.17, 15) is 35.1 Å². The molecule has 0 radical (unpaired) electrons. The van der Waals surface area contributed by atoms with Gasteiger partial charge < -0.3 is 30.3 Å². The van der Waals surface area contributed by atoms with Crippen molar-refractivity contribution in [3.05, 3.63) is 11.6 Å². The number of hydrogen-bond acceptors (Lipinski definition) is 8. The average molecular weight is 507 g/mol. The summed E-state index contributed by atoms with van der Waals surface area (Å²) in [6.45, 7) is 7.61. The average Bonchev–Trinajstić information content (AvgIpc) is 3.26. The first-order chi connectivity index (χ1) is 16.7. The zero-order valence-electron chi connectivity index (χ0n) is 21.8. The first-order valence-electron chi connectivity index (χ1n) is 13.6. The van der Waals surface area contributed by atoms with Crippen LogP contribution in [0.15, 0.2) is 11.6 Å². The van der Waals surface area contributed by atoms with E-state index < -0.39 is 52.2 Å². The molecule has 0 spiro atoms. The second-order valence-electron chi connectivity index (χ2n) is 13.3. The summed E-state index contributed by atoms with van der Waals surface area (Å²) in [7, 11) is 0. The lowest BCUT2D eigenvalue weighted by molar-refractivity contribution is -0.177. The van der Waals surface area contributed by atoms with Gasteiger partial charge in [0.2, 0.25) is 0 Å². The monoisotopic (exact) mass is 506 g/mol. The Balaban J connectivity index is 1.44. The maximum Gasteiger partial charge on any atom is 0.309 e. The Bertz CT molecular complexity index is 975. The summed E-state index contributed by atoms with van der Waals surface area (Å²) in [5.41, 5.74) is -3.44. The highest BCUT2D eigenvalue weighted by atomic mass is 16.5. The number of ketones is 1. The van der Waals surface area contributed by atoms with Gasteiger partial charge in [0.1, 0.15) is 0 Å². The number of rotatable bonds is 4. The van der Waals surface area contributed by atoms with Crippen LogP contribution in [-0.2, 0) is 14.3 Å². The number of cyclic esters (lactones) is 1. The van der Waals surface area contributed by atoms with Crippen molar-refractivity contribution in [2.45, 2.75) is 102 Å². The van der Waals surface area contributed by atoms with Crippen LogP contribution in [0.4, 0.5) is 0 Å². The minimum absolute atomic E-state index is 0.100. The Morgan fingerprint density at radius 3 is 2.47 bits per heavy atom. The molecule has 1 aliphatic heterocycles. The molecule has 3 saturated carbocycles. The SMILES string of the molecule is C[C@@H]1C(=O)OC[C@H]1C[C@@H](O)[C@](C)(O)[C@H]1CC[C@@]2(O)C3=CC(=O)[C@@H]4C[C@H](O)[C@@H](O)C[C@]4(C)[C@H]3CC[C@]12C. The summed E-state index contributed by atoms with van der Waals surface area (Å²) in [5, 5.41) is 56.0. The molecule has 36 heavy (non-hydrogen) atoms. The van der Waals surface area contributed by atoms with Crippen LogP contribution in [0.5, 0.6) is 0 Å². The number of allylic oxidation sites excluding steroid dienone is 1. The first kappa shape index (κ1) is 26.3. The lowest BCUT2D eigenvalue weighted by Crippen LogP contribution is -2.63. The second kappa shape index (κ2) is 8.34. The van der Waals surface area contributed by atoms with E-state index in [4.69, 9.17) is 4.74 Å². The number of aliphatic hydroxyl groups excluding tert-OH is 3. The molecule has 8 nitrogen and oxygen atoms in total. The molecule has 0 bridgehead atoms. The van der Waals surface area contributed by atoms with Gasteiger partial charge in [-0.3, -0.25) is 9.59 Å². The summed E-state index contributed by atoms with van der Waals surface area (Å²) in [6.07, 6.45) is 1.60. The van der Waals surface area contributed by atoms with Gasteiger partial charge in [0.05, 0.1) is 42.0 Å². The van der Waals surface area contributed by atoms with E-state index in [2.05, 4.69) is 0 Å². The predicted molar refractivity (Wildman–Crippen MR) is 129 cm³/mol. The van der Waals surface area contributed by atoms with Gasteiger partial charge in [-0.05, 0) is 80.8 Å². The molecule has 0 aromatic rings. The van der Waals surface area contributed by atoms with E-state index in [0.29, 0.717) is 37.7 Å². The predicted octanol–water partition coefficient (Wildman–Crippen LogP) is 1.50. The van der Waals surface area contributed by atoms with Gasteiger partial charge >= 0.3 is 5.97 Å². The van der Waals surface area contributed by atoms with Crippen LogP contribution in [0.25, 0.3) is 0 Å². The summed E-state index contributed by atoms with van der Waals surface area (Å²) in [6, 6.07) is 0. The lowest BCUT2D eigenvalue weighted by atomic mass is 9.45. The minimum atomic E-state index is -1.51. The highest BCUT2D eigenvalue weighted by molar-refractivity contribution is 5.95. The molecule has 5 aliphatic rings. The highest BCUT2D eigenvalue weighted by Crippen LogP contribution is 2.68. The van der Waals surface area contributed by atoms with E-state index in [1.165, 1.54) is 0 Å². The standard InChI is InChI=1S/C28H42O8/c1-14-15(13-36-24(14)33)9-23(32)27(4,34)22-6-8-28(35)17-10-19(29)18-11-20(30)21(31)12-25(18,2)16(17)5-7-26(22,28)3/h10,14-16,18,20-23,30-32,34-35H,5-9,11-13H2,1-4H3/t14-,15+,16-,18-,20-,21-,22-,23+,25+,26+,27+,28+/m0/s1. The van der Waals surface area contributed by atoms with Crippen molar-refractivity contribution in [3.8, 4) is 0 Å². The van der Waals surface area contributed by atoms with Crippen LogP contribution in [-0.4, -0.2) is 73.4 Å². The van der Waals surface area contributed by atoms with E-state index in [-0.39, 0.29) is 49.0 Å².